The van der Waals surface area contributed by atoms with E-state index in [1.807, 2.05) is 0 Å². The maximum Gasteiger partial charge on any atom is 0.338 e. The SMILES string of the molecule is CCOC(=O)C1=C(C)N=c2s/c(=C/c3cc(Br)c(Sc4ncccn4)o3)c(=O)n2[C@H]1c1ccc(F)cc1. The van der Waals surface area contributed by atoms with Crippen LogP contribution in [0.3, 0.4) is 0 Å². The largest absolute Gasteiger partial charge is 0.463 e. The smallest absolute Gasteiger partial charge is 0.338 e. The van der Waals surface area contributed by atoms with Gasteiger partial charge in [-0.2, -0.15) is 0 Å². The highest BCUT2D eigenvalue weighted by atomic mass is 79.9. The van der Waals surface area contributed by atoms with Crippen LogP contribution in [-0.2, 0) is 9.53 Å². The number of nitrogens with zero attached hydrogens (tertiary/aromatic N) is 4. The number of rotatable bonds is 6. The second-order valence-corrected chi connectivity index (χ2v) is 10.6. The van der Waals surface area contributed by atoms with Crippen LogP contribution in [0, 0.1) is 5.82 Å². The molecule has 0 N–H and O–H groups in total. The minimum atomic E-state index is -0.817. The normalized spacial score (nSPS) is 15.5. The Balaban J connectivity index is 1.61. The lowest BCUT2D eigenvalue weighted by atomic mass is 9.96. The predicted octanol–water partition coefficient (Wildman–Crippen LogP) is 4.23. The summed E-state index contributed by atoms with van der Waals surface area (Å²) >= 11 is 5.89. The molecule has 0 saturated carbocycles. The van der Waals surface area contributed by atoms with Gasteiger partial charge in [0.25, 0.3) is 5.56 Å². The molecule has 12 heteroatoms. The van der Waals surface area contributed by atoms with Crippen LogP contribution < -0.4 is 14.9 Å². The average molecular weight is 601 g/mol. The monoisotopic (exact) mass is 600 g/mol. The van der Waals surface area contributed by atoms with Crippen LogP contribution in [0.2, 0.25) is 0 Å². The van der Waals surface area contributed by atoms with Gasteiger partial charge in [-0.25, -0.2) is 24.1 Å². The van der Waals surface area contributed by atoms with E-state index in [2.05, 4.69) is 30.9 Å². The van der Waals surface area contributed by atoms with Crippen molar-refractivity contribution < 1.29 is 18.3 Å². The number of esters is 1. The Morgan fingerprint density at radius 1 is 1.30 bits per heavy atom. The van der Waals surface area contributed by atoms with Crippen LogP contribution in [0.1, 0.15) is 31.2 Å². The van der Waals surface area contributed by atoms with E-state index in [-0.39, 0.29) is 17.7 Å². The van der Waals surface area contributed by atoms with Crippen molar-refractivity contribution in [3.05, 3.63) is 101 Å². The van der Waals surface area contributed by atoms with E-state index in [0.717, 1.165) is 0 Å². The van der Waals surface area contributed by atoms with Gasteiger partial charge in [0, 0.05) is 18.5 Å². The van der Waals surface area contributed by atoms with Crippen molar-refractivity contribution in [1.29, 1.82) is 0 Å². The van der Waals surface area contributed by atoms with Crippen molar-refractivity contribution in [2.45, 2.75) is 30.1 Å². The molecule has 0 fully saturated rings. The second kappa shape index (κ2) is 10.6. The number of carbonyl (C=O) groups excluding carboxylic acids is 1. The third-order valence-corrected chi connectivity index (χ3v) is 8.09. The first-order chi connectivity index (χ1) is 17.9. The summed E-state index contributed by atoms with van der Waals surface area (Å²) in [5.74, 6) is -0.560. The van der Waals surface area contributed by atoms with E-state index in [1.165, 1.54) is 39.8 Å². The quantitative estimate of drug-likeness (QED) is 0.241. The van der Waals surface area contributed by atoms with E-state index in [1.54, 1.807) is 56.6 Å². The summed E-state index contributed by atoms with van der Waals surface area (Å²) in [5, 5.41) is 1.06. The number of ether oxygens (including phenoxy) is 1. The number of allylic oxidation sites excluding steroid dienone is 1. The molecule has 4 aromatic rings. The van der Waals surface area contributed by atoms with Gasteiger partial charge in [0.05, 0.1) is 32.9 Å². The van der Waals surface area contributed by atoms with Crippen molar-refractivity contribution in [1.82, 2.24) is 14.5 Å². The van der Waals surface area contributed by atoms with Gasteiger partial charge in [0.1, 0.15) is 11.6 Å². The third kappa shape index (κ3) is 5.09. The Labute approximate surface area is 226 Å². The Hall–Kier alpha value is -3.35. The Morgan fingerprint density at radius 2 is 2.03 bits per heavy atom. The number of hydrogen-bond acceptors (Lipinski definition) is 9. The molecule has 188 valence electrons. The maximum absolute atomic E-state index is 13.7. The van der Waals surface area contributed by atoms with Crippen molar-refractivity contribution >= 4 is 51.1 Å². The maximum atomic E-state index is 13.7. The number of benzene rings is 1. The number of halogens is 2. The highest BCUT2D eigenvalue weighted by Gasteiger charge is 2.33. The Bertz CT molecular complexity index is 1700. The van der Waals surface area contributed by atoms with E-state index >= 15 is 0 Å². The zero-order valence-electron chi connectivity index (χ0n) is 19.5. The van der Waals surface area contributed by atoms with Crippen molar-refractivity contribution in [3.63, 3.8) is 0 Å². The van der Waals surface area contributed by atoms with E-state index < -0.39 is 17.8 Å². The average Bonchev–Trinajstić information content (AvgIpc) is 3.37. The van der Waals surface area contributed by atoms with Gasteiger partial charge in [0.2, 0.25) is 0 Å². The van der Waals surface area contributed by atoms with Gasteiger partial charge >= 0.3 is 5.97 Å². The van der Waals surface area contributed by atoms with E-state index in [9.17, 15) is 14.0 Å². The van der Waals surface area contributed by atoms with Gasteiger partial charge < -0.3 is 9.15 Å². The van der Waals surface area contributed by atoms with Crippen LogP contribution in [0.5, 0.6) is 0 Å². The molecule has 4 heterocycles. The summed E-state index contributed by atoms with van der Waals surface area (Å²) < 4.78 is 27.4. The summed E-state index contributed by atoms with van der Waals surface area (Å²) in [5.41, 5.74) is 0.867. The second-order valence-electron chi connectivity index (χ2n) is 7.77. The molecule has 0 amide bonds. The molecule has 1 aliphatic heterocycles. The van der Waals surface area contributed by atoms with Gasteiger partial charge in [-0.05, 0) is 71.4 Å². The fourth-order valence-corrected chi connectivity index (χ4v) is 6.08. The topological polar surface area (TPSA) is 99.6 Å². The highest BCUT2D eigenvalue weighted by Crippen LogP contribution is 2.34. The zero-order chi connectivity index (χ0) is 26.1. The van der Waals surface area contributed by atoms with E-state index in [4.69, 9.17) is 9.15 Å². The minimum absolute atomic E-state index is 0.165. The van der Waals surface area contributed by atoms with Crippen LogP contribution >= 0.6 is 39.0 Å². The van der Waals surface area contributed by atoms with E-state index in [0.29, 0.717) is 41.1 Å². The van der Waals surface area contributed by atoms with Gasteiger partial charge in [0.15, 0.2) is 15.1 Å². The molecule has 5 rings (SSSR count). The minimum Gasteiger partial charge on any atom is -0.463 e. The molecule has 0 saturated heterocycles. The molecule has 0 aliphatic carbocycles. The fourth-order valence-electron chi connectivity index (χ4n) is 3.81. The molecule has 0 bridgehead atoms. The third-order valence-electron chi connectivity index (χ3n) is 5.38. The first-order valence-electron chi connectivity index (χ1n) is 11.0. The molecular weight excluding hydrogens is 583 g/mol. The van der Waals surface area contributed by atoms with Crippen LogP contribution in [-0.4, -0.2) is 27.1 Å². The Kier molecular flexibility index (Phi) is 7.22. The summed E-state index contributed by atoms with van der Waals surface area (Å²) in [4.78, 5) is 39.8. The van der Waals surface area contributed by atoms with Gasteiger partial charge in [-0.3, -0.25) is 9.36 Å². The predicted molar refractivity (Wildman–Crippen MR) is 139 cm³/mol. The lowest BCUT2D eigenvalue weighted by Crippen LogP contribution is -2.39. The van der Waals surface area contributed by atoms with Crippen LogP contribution in [0.25, 0.3) is 6.08 Å². The lowest BCUT2D eigenvalue weighted by Gasteiger charge is -2.24. The van der Waals surface area contributed by atoms with Crippen molar-refractivity contribution in [2.75, 3.05) is 6.61 Å². The standard InChI is InChI=1S/C25H18BrFN4O4S2/c1-3-34-22(33)19-13(2)30-25-31(20(19)14-5-7-15(27)8-6-14)21(32)18(36-25)12-16-11-17(26)23(35-16)37-24-28-9-4-10-29-24/h4-12,20H,3H2,1-2H3/b18-12+/t20-/m0/s1. The number of carbonyl (C=O) groups is 1. The highest BCUT2D eigenvalue weighted by molar-refractivity contribution is 9.10. The first-order valence-corrected chi connectivity index (χ1v) is 13.5. The van der Waals surface area contributed by atoms with Gasteiger partial charge in [-0.1, -0.05) is 23.5 Å². The van der Waals surface area contributed by atoms with Crippen molar-refractivity contribution in [2.24, 2.45) is 4.99 Å². The lowest BCUT2D eigenvalue weighted by molar-refractivity contribution is -0.139. The molecule has 0 radical (unpaired) electrons. The van der Waals surface area contributed by atoms with Crippen molar-refractivity contribution in [3.8, 4) is 0 Å². The van der Waals surface area contributed by atoms with Crippen LogP contribution in [0.15, 0.2) is 89.0 Å². The summed E-state index contributed by atoms with van der Waals surface area (Å²) in [7, 11) is 0. The number of hydrogen-bond donors (Lipinski definition) is 0. The molecule has 0 spiro atoms. The molecular formula is C25H18BrFN4O4S2. The number of aromatic nitrogens is 3. The summed E-state index contributed by atoms with van der Waals surface area (Å²) in [6.45, 7) is 3.56. The summed E-state index contributed by atoms with van der Waals surface area (Å²) in [6, 6.07) is 8.33. The molecule has 1 atom stereocenters. The number of thiazole rings is 1. The summed E-state index contributed by atoms with van der Waals surface area (Å²) in [6.07, 6.45) is 4.89. The van der Waals surface area contributed by atoms with Gasteiger partial charge in [-0.15, -0.1) is 0 Å². The number of fused-ring (bicyclic) bond motifs is 1. The molecule has 0 unspecified atom stereocenters. The molecule has 37 heavy (non-hydrogen) atoms. The molecule has 3 aromatic heterocycles. The molecule has 8 nitrogen and oxygen atoms in total. The number of furan rings is 1. The molecule has 1 aromatic carbocycles. The first kappa shape index (κ1) is 25.3. The Morgan fingerprint density at radius 3 is 2.73 bits per heavy atom. The van der Waals surface area contributed by atoms with Crippen LogP contribution in [0.4, 0.5) is 4.39 Å². The zero-order valence-corrected chi connectivity index (χ0v) is 22.7. The molecule has 1 aliphatic rings. The fraction of sp³-hybridized carbons (Fsp3) is 0.160.